The molecule has 106 valence electrons. The van der Waals surface area contributed by atoms with Crippen molar-refractivity contribution in [1.82, 2.24) is 4.98 Å². The molecule has 0 unspecified atom stereocenters. The van der Waals surface area contributed by atoms with E-state index >= 15 is 0 Å². The first kappa shape index (κ1) is 13.4. The Hall–Kier alpha value is -2.62. The summed E-state index contributed by atoms with van der Waals surface area (Å²) in [4.78, 5) is 18.4. The zero-order chi connectivity index (χ0) is 15.0. The van der Waals surface area contributed by atoms with E-state index in [0.717, 1.165) is 16.6 Å². The van der Waals surface area contributed by atoms with Gasteiger partial charge in [0.25, 0.3) is 0 Å². The lowest BCUT2D eigenvalue weighted by atomic mass is 10.1. The number of rotatable bonds is 2. The van der Waals surface area contributed by atoms with Gasteiger partial charge in [0.05, 0.1) is 11.3 Å². The molecule has 0 spiro atoms. The van der Waals surface area contributed by atoms with E-state index in [0.29, 0.717) is 16.8 Å². The molecule has 0 saturated heterocycles. The van der Waals surface area contributed by atoms with Gasteiger partial charge in [0.2, 0.25) is 0 Å². The molecular formula is C17H16N2O2. The molecule has 4 nitrogen and oxygen atoms in total. The number of aryl methyl sites for hydroxylation is 1. The van der Waals surface area contributed by atoms with Crippen LogP contribution in [0.1, 0.15) is 5.56 Å². The van der Waals surface area contributed by atoms with E-state index in [2.05, 4.69) is 4.98 Å². The van der Waals surface area contributed by atoms with Crippen LogP contribution in [0.4, 0.5) is 5.69 Å². The molecule has 0 fully saturated rings. The van der Waals surface area contributed by atoms with Crippen molar-refractivity contribution < 1.29 is 4.42 Å². The van der Waals surface area contributed by atoms with Gasteiger partial charge >= 0.3 is 5.63 Å². The first-order valence-corrected chi connectivity index (χ1v) is 6.73. The van der Waals surface area contributed by atoms with Gasteiger partial charge in [-0.25, -0.2) is 4.79 Å². The number of hydrogen-bond donors (Lipinski definition) is 0. The van der Waals surface area contributed by atoms with Crippen LogP contribution in [0.15, 0.2) is 51.8 Å². The van der Waals surface area contributed by atoms with Crippen LogP contribution < -0.4 is 10.5 Å². The van der Waals surface area contributed by atoms with Crippen molar-refractivity contribution in [1.29, 1.82) is 0 Å². The number of pyridine rings is 1. The molecule has 3 aromatic rings. The highest BCUT2D eigenvalue weighted by Crippen LogP contribution is 2.23. The second kappa shape index (κ2) is 5.05. The van der Waals surface area contributed by atoms with E-state index in [9.17, 15) is 4.79 Å². The molecular weight excluding hydrogens is 264 g/mol. The Morgan fingerprint density at radius 1 is 1.10 bits per heavy atom. The molecule has 0 radical (unpaired) electrons. The number of anilines is 1. The topological polar surface area (TPSA) is 46.3 Å². The van der Waals surface area contributed by atoms with Gasteiger partial charge in [-0.2, -0.15) is 0 Å². The lowest BCUT2D eigenvalue weighted by molar-refractivity contribution is 0.563. The Kier molecular flexibility index (Phi) is 3.22. The smallest absolute Gasteiger partial charge is 0.345 e. The zero-order valence-electron chi connectivity index (χ0n) is 12.3. The highest BCUT2D eigenvalue weighted by atomic mass is 16.4. The second-order valence-corrected chi connectivity index (χ2v) is 5.28. The standard InChI is InChI=1S/C17H16N2O2/c1-11-4-7-15(18-10-11)14-8-12-5-6-13(19(2)3)9-16(12)21-17(14)20/h4-10H,1-3H3. The first-order valence-electron chi connectivity index (χ1n) is 6.73. The normalized spacial score (nSPS) is 10.8. The largest absolute Gasteiger partial charge is 0.422 e. The molecule has 0 atom stereocenters. The van der Waals surface area contributed by atoms with Crippen molar-refractivity contribution in [2.24, 2.45) is 0 Å². The van der Waals surface area contributed by atoms with E-state index in [1.165, 1.54) is 0 Å². The Morgan fingerprint density at radius 3 is 2.57 bits per heavy atom. The van der Waals surface area contributed by atoms with Crippen LogP contribution in [0, 0.1) is 6.92 Å². The third-order valence-electron chi connectivity index (χ3n) is 3.42. The fourth-order valence-electron chi connectivity index (χ4n) is 2.18. The van der Waals surface area contributed by atoms with Crippen molar-refractivity contribution in [3.63, 3.8) is 0 Å². The molecule has 21 heavy (non-hydrogen) atoms. The van der Waals surface area contributed by atoms with E-state index in [1.807, 2.05) is 62.3 Å². The molecule has 1 aromatic carbocycles. The van der Waals surface area contributed by atoms with E-state index in [-0.39, 0.29) is 5.63 Å². The molecule has 0 aliphatic rings. The van der Waals surface area contributed by atoms with Gasteiger partial charge in [0, 0.05) is 37.4 Å². The maximum Gasteiger partial charge on any atom is 0.345 e. The van der Waals surface area contributed by atoms with Gasteiger partial charge in [-0.1, -0.05) is 6.07 Å². The summed E-state index contributed by atoms with van der Waals surface area (Å²) in [5.41, 5.74) is 3.39. The maximum absolute atomic E-state index is 12.2. The Labute approximate surface area is 122 Å². The van der Waals surface area contributed by atoms with Crippen LogP contribution in [-0.2, 0) is 0 Å². The van der Waals surface area contributed by atoms with Crippen molar-refractivity contribution in [3.8, 4) is 11.3 Å². The number of fused-ring (bicyclic) bond motifs is 1. The van der Waals surface area contributed by atoms with E-state index in [1.54, 1.807) is 6.20 Å². The predicted octanol–water partition coefficient (Wildman–Crippen LogP) is 3.23. The zero-order valence-corrected chi connectivity index (χ0v) is 12.3. The minimum absolute atomic E-state index is 0.366. The maximum atomic E-state index is 12.2. The van der Waals surface area contributed by atoms with Gasteiger partial charge in [0.1, 0.15) is 5.58 Å². The second-order valence-electron chi connectivity index (χ2n) is 5.28. The minimum atomic E-state index is -0.366. The molecule has 0 amide bonds. The fourth-order valence-corrected chi connectivity index (χ4v) is 2.18. The summed E-state index contributed by atoms with van der Waals surface area (Å²) in [5.74, 6) is 0. The Morgan fingerprint density at radius 2 is 1.90 bits per heavy atom. The average Bonchev–Trinajstić information content (AvgIpc) is 2.47. The first-order chi connectivity index (χ1) is 10.0. The molecule has 0 aliphatic carbocycles. The molecule has 2 aromatic heterocycles. The Bertz CT molecular complexity index is 849. The van der Waals surface area contributed by atoms with Crippen molar-refractivity contribution in [3.05, 3.63) is 58.6 Å². The van der Waals surface area contributed by atoms with E-state index < -0.39 is 0 Å². The van der Waals surface area contributed by atoms with Gasteiger partial charge in [0.15, 0.2) is 0 Å². The van der Waals surface area contributed by atoms with Gasteiger partial charge in [-0.15, -0.1) is 0 Å². The van der Waals surface area contributed by atoms with Crippen LogP contribution in [0.3, 0.4) is 0 Å². The summed E-state index contributed by atoms with van der Waals surface area (Å²) in [7, 11) is 3.90. The summed E-state index contributed by atoms with van der Waals surface area (Å²) in [6.45, 7) is 1.96. The van der Waals surface area contributed by atoms with Crippen LogP contribution in [-0.4, -0.2) is 19.1 Å². The van der Waals surface area contributed by atoms with Crippen LogP contribution in [0.5, 0.6) is 0 Å². The van der Waals surface area contributed by atoms with Crippen LogP contribution in [0.2, 0.25) is 0 Å². The van der Waals surface area contributed by atoms with Crippen molar-refractivity contribution >= 4 is 16.7 Å². The SMILES string of the molecule is Cc1ccc(-c2cc3ccc(N(C)C)cc3oc2=O)nc1. The third kappa shape index (κ3) is 2.52. The van der Waals surface area contributed by atoms with Gasteiger partial charge < -0.3 is 9.32 Å². The number of benzene rings is 1. The predicted molar refractivity (Wildman–Crippen MR) is 84.8 cm³/mol. The molecule has 4 heteroatoms. The summed E-state index contributed by atoms with van der Waals surface area (Å²) >= 11 is 0. The molecule has 0 aliphatic heterocycles. The summed E-state index contributed by atoms with van der Waals surface area (Å²) in [5, 5.41) is 0.887. The highest BCUT2D eigenvalue weighted by molar-refractivity contribution is 5.83. The Balaban J connectivity index is 2.17. The van der Waals surface area contributed by atoms with Gasteiger partial charge in [-0.3, -0.25) is 4.98 Å². The summed E-state index contributed by atoms with van der Waals surface area (Å²) in [6, 6.07) is 11.4. The van der Waals surface area contributed by atoms with Crippen LogP contribution >= 0.6 is 0 Å². The third-order valence-corrected chi connectivity index (χ3v) is 3.42. The molecule has 0 bridgehead atoms. The molecule has 0 saturated carbocycles. The fraction of sp³-hybridized carbons (Fsp3) is 0.176. The van der Waals surface area contributed by atoms with Crippen molar-refractivity contribution in [2.45, 2.75) is 6.92 Å². The van der Waals surface area contributed by atoms with Gasteiger partial charge in [-0.05, 0) is 36.8 Å². The minimum Gasteiger partial charge on any atom is -0.422 e. The van der Waals surface area contributed by atoms with Crippen LogP contribution in [0.25, 0.3) is 22.2 Å². The molecule has 2 heterocycles. The number of aromatic nitrogens is 1. The molecule has 3 rings (SSSR count). The summed E-state index contributed by atoms with van der Waals surface area (Å²) in [6.07, 6.45) is 1.74. The lowest BCUT2D eigenvalue weighted by Gasteiger charge is -2.12. The summed E-state index contributed by atoms with van der Waals surface area (Å²) < 4.78 is 5.45. The lowest BCUT2D eigenvalue weighted by Crippen LogP contribution is -2.09. The number of nitrogens with zero attached hydrogens (tertiary/aromatic N) is 2. The number of hydrogen-bond acceptors (Lipinski definition) is 4. The average molecular weight is 280 g/mol. The van der Waals surface area contributed by atoms with Crippen molar-refractivity contribution in [2.75, 3.05) is 19.0 Å². The molecule has 0 N–H and O–H groups in total. The quantitative estimate of drug-likeness (QED) is 0.676. The highest BCUT2D eigenvalue weighted by Gasteiger charge is 2.09. The van der Waals surface area contributed by atoms with E-state index in [4.69, 9.17) is 4.42 Å². The monoisotopic (exact) mass is 280 g/mol.